The average molecular weight is 420 g/mol. The standard InChI is InChI=1S/C26H30FN3O/c1-19-14-22(18-29-3)16-25(27)26(19)24-15-21(8-9-23(24)17-28)7-5-4-6-20(2)30-10-12-31-13-11-30/h4,6,8-9,14-16,29H,2,5,7,10-13,18H2,1,3H3/b6-4-. The molecular weight excluding hydrogens is 389 g/mol. The summed E-state index contributed by atoms with van der Waals surface area (Å²) in [5.41, 5.74) is 5.46. The van der Waals surface area contributed by atoms with Crippen LogP contribution in [0.2, 0.25) is 0 Å². The number of allylic oxidation sites excluding steroid dienone is 2. The van der Waals surface area contributed by atoms with E-state index in [9.17, 15) is 9.65 Å². The van der Waals surface area contributed by atoms with Crippen molar-refractivity contribution in [2.75, 3.05) is 33.4 Å². The molecule has 0 saturated carbocycles. The second kappa shape index (κ2) is 10.9. The van der Waals surface area contributed by atoms with Crippen molar-refractivity contribution in [1.82, 2.24) is 10.2 Å². The van der Waals surface area contributed by atoms with Crippen molar-refractivity contribution in [2.45, 2.75) is 26.3 Å². The van der Waals surface area contributed by atoms with Crippen LogP contribution in [-0.4, -0.2) is 38.3 Å². The van der Waals surface area contributed by atoms with Crippen molar-refractivity contribution in [3.05, 3.63) is 82.8 Å². The lowest BCUT2D eigenvalue weighted by atomic mass is 9.92. The number of ether oxygens (including phenoxy) is 1. The summed E-state index contributed by atoms with van der Waals surface area (Å²) in [5, 5.41) is 12.6. The molecule has 1 saturated heterocycles. The molecule has 31 heavy (non-hydrogen) atoms. The van der Waals surface area contributed by atoms with E-state index < -0.39 is 0 Å². The molecule has 0 aromatic heterocycles. The number of hydrogen-bond donors (Lipinski definition) is 1. The molecule has 1 aliphatic heterocycles. The summed E-state index contributed by atoms with van der Waals surface area (Å²) in [6.45, 7) is 9.87. The fourth-order valence-electron chi connectivity index (χ4n) is 3.94. The lowest BCUT2D eigenvalue weighted by molar-refractivity contribution is 0.0556. The molecule has 0 radical (unpaired) electrons. The minimum Gasteiger partial charge on any atom is -0.378 e. The van der Waals surface area contributed by atoms with Crippen LogP contribution in [0.25, 0.3) is 11.1 Å². The molecule has 1 N–H and O–H groups in total. The van der Waals surface area contributed by atoms with Crippen LogP contribution >= 0.6 is 0 Å². The van der Waals surface area contributed by atoms with E-state index in [0.29, 0.717) is 23.2 Å². The first-order valence-corrected chi connectivity index (χ1v) is 10.7. The van der Waals surface area contributed by atoms with Gasteiger partial charge in [-0.25, -0.2) is 4.39 Å². The van der Waals surface area contributed by atoms with Crippen molar-refractivity contribution in [3.63, 3.8) is 0 Å². The van der Waals surface area contributed by atoms with Gasteiger partial charge in [-0.1, -0.05) is 24.8 Å². The van der Waals surface area contributed by atoms with Crippen molar-refractivity contribution in [2.24, 2.45) is 0 Å². The van der Waals surface area contributed by atoms with Gasteiger partial charge in [0, 0.05) is 36.5 Å². The summed E-state index contributed by atoms with van der Waals surface area (Å²) in [7, 11) is 1.84. The zero-order valence-corrected chi connectivity index (χ0v) is 18.4. The van der Waals surface area contributed by atoms with E-state index in [0.717, 1.165) is 61.5 Å². The number of nitrogens with one attached hydrogen (secondary N) is 1. The van der Waals surface area contributed by atoms with Gasteiger partial charge in [0.2, 0.25) is 0 Å². The fraction of sp³-hybridized carbons (Fsp3) is 0.346. The Labute approximate surface area is 184 Å². The summed E-state index contributed by atoms with van der Waals surface area (Å²) in [4.78, 5) is 2.23. The van der Waals surface area contributed by atoms with Gasteiger partial charge >= 0.3 is 0 Å². The molecule has 0 amide bonds. The molecule has 0 unspecified atom stereocenters. The molecule has 3 rings (SSSR count). The van der Waals surface area contributed by atoms with Crippen molar-refractivity contribution < 1.29 is 9.13 Å². The molecule has 0 spiro atoms. The van der Waals surface area contributed by atoms with Crippen molar-refractivity contribution in [1.29, 1.82) is 5.26 Å². The predicted octanol–water partition coefficient (Wildman–Crippen LogP) is 4.73. The first-order valence-electron chi connectivity index (χ1n) is 10.7. The van der Waals surface area contributed by atoms with Gasteiger partial charge < -0.3 is 15.0 Å². The van der Waals surface area contributed by atoms with E-state index in [-0.39, 0.29) is 5.82 Å². The molecule has 1 fully saturated rings. The van der Waals surface area contributed by atoms with E-state index in [1.54, 1.807) is 12.1 Å². The van der Waals surface area contributed by atoms with E-state index in [2.05, 4.69) is 35.0 Å². The Kier molecular flexibility index (Phi) is 8.00. The minimum atomic E-state index is -0.291. The largest absolute Gasteiger partial charge is 0.378 e. The van der Waals surface area contributed by atoms with Crippen LogP contribution in [0.4, 0.5) is 4.39 Å². The third kappa shape index (κ3) is 5.81. The SMILES string of the molecule is C=C(/C=C\CCc1ccc(C#N)c(-c2c(C)cc(CNC)cc2F)c1)N1CCOCC1. The minimum absolute atomic E-state index is 0.291. The smallest absolute Gasteiger partial charge is 0.131 e. The highest BCUT2D eigenvalue weighted by molar-refractivity contribution is 5.74. The fourth-order valence-corrected chi connectivity index (χ4v) is 3.94. The van der Waals surface area contributed by atoms with Crippen LogP contribution < -0.4 is 5.32 Å². The summed E-state index contributed by atoms with van der Waals surface area (Å²) in [6, 6.07) is 11.4. The topological polar surface area (TPSA) is 48.3 Å². The van der Waals surface area contributed by atoms with Gasteiger partial charge in [-0.2, -0.15) is 5.26 Å². The molecular formula is C26H30FN3O. The molecule has 0 atom stereocenters. The monoisotopic (exact) mass is 419 g/mol. The number of aryl methyl sites for hydroxylation is 2. The van der Waals surface area contributed by atoms with Crippen LogP contribution in [0.3, 0.4) is 0 Å². The van der Waals surface area contributed by atoms with Gasteiger partial charge in [0.25, 0.3) is 0 Å². The molecule has 0 bridgehead atoms. The maximum Gasteiger partial charge on any atom is 0.131 e. The first-order chi connectivity index (χ1) is 15.0. The second-order valence-corrected chi connectivity index (χ2v) is 7.82. The molecule has 5 heteroatoms. The van der Waals surface area contributed by atoms with Crippen LogP contribution in [0.1, 0.15) is 28.7 Å². The Morgan fingerprint density at radius 2 is 2.03 bits per heavy atom. The lowest BCUT2D eigenvalue weighted by Gasteiger charge is -2.29. The second-order valence-electron chi connectivity index (χ2n) is 7.82. The summed E-state index contributed by atoms with van der Waals surface area (Å²) in [6.07, 6.45) is 5.83. The van der Waals surface area contributed by atoms with Gasteiger partial charge in [-0.15, -0.1) is 0 Å². The highest BCUT2D eigenvalue weighted by atomic mass is 19.1. The Bertz CT molecular complexity index is 977. The van der Waals surface area contributed by atoms with Gasteiger partial charge in [-0.05, 0) is 67.8 Å². The maximum absolute atomic E-state index is 15.0. The van der Waals surface area contributed by atoms with Crippen molar-refractivity contribution in [3.8, 4) is 17.2 Å². The Balaban J connectivity index is 1.75. The Hall–Kier alpha value is -2.94. The number of morpholine rings is 1. The van der Waals surface area contributed by atoms with Crippen LogP contribution in [0.5, 0.6) is 0 Å². The maximum atomic E-state index is 15.0. The quantitative estimate of drug-likeness (QED) is 0.629. The molecule has 2 aromatic carbocycles. The zero-order valence-electron chi connectivity index (χ0n) is 18.4. The highest BCUT2D eigenvalue weighted by Crippen LogP contribution is 2.31. The molecule has 1 aliphatic rings. The molecule has 4 nitrogen and oxygen atoms in total. The normalized spacial score (nSPS) is 14.1. The van der Waals surface area contributed by atoms with Gasteiger partial charge in [0.05, 0.1) is 24.8 Å². The average Bonchev–Trinajstić information content (AvgIpc) is 2.77. The summed E-state index contributed by atoms with van der Waals surface area (Å²) < 4.78 is 20.3. The van der Waals surface area contributed by atoms with Crippen molar-refractivity contribution >= 4 is 0 Å². The lowest BCUT2D eigenvalue weighted by Crippen LogP contribution is -2.34. The Morgan fingerprint density at radius 3 is 2.71 bits per heavy atom. The number of benzene rings is 2. The Morgan fingerprint density at radius 1 is 1.26 bits per heavy atom. The highest BCUT2D eigenvalue weighted by Gasteiger charge is 2.15. The van der Waals surface area contributed by atoms with Crippen LogP contribution in [0, 0.1) is 24.1 Å². The number of rotatable bonds is 8. The number of halogens is 1. The third-order valence-corrected chi connectivity index (χ3v) is 5.53. The molecule has 1 heterocycles. The number of nitriles is 1. The van der Waals surface area contributed by atoms with Crippen LogP contribution in [-0.2, 0) is 17.7 Å². The number of hydrogen-bond acceptors (Lipinski definition) is 4. The zero-order chi connectivity index (χ0) is 22.2. The first kappa shape index (κ1) is 22.7. The van der Waals surface area contributed by atoms with Gasteiger partial charge in [-0.3, -0.25) is 0 Å². The predicted molar refractivity (Wildman–Crippen MR) is 123 cm³/mol. The molecule has 2 aromatic rings. The van der Waals surface area contributed by atoms with E-state index in [1.807, 2.05) is 32.2 Å². The van der Waals surface area contributed by atoms with Crippen LogP contribution in [0.15, 0.2) is 54.8 Å². The van der Waals surface area contributed by atoms with E-state index in [1.165, 1.54) is 0 Å². The molecule has 162 valence electrons. The summed E-state index contributed by atoms with van der Waals surface area (Å²) >= 11 is 0. The summed E-state index contributed by atoms with van der Waals surface area (Å²) in [5.74, 6) is -0.291. The van der Waals surface area contributed by atoms with E-state index in [4.69, 9.17) is 4.74 Å². The van der Waals surface area contributed by atoms with Gasteiger partial charge in [0.15, 0.2) is 0 Å². The van der Waals surface area contributed by atoms with E-state index >= 15 is 0 Å². The molecule has 0 aliphatic carbocycles. The van der Waals surface area contributed by atoms with Gasteiger partial charge in [0.1, 0.15) is 5.82 Å². The number of nitrogens with zero attached hydrogens (tertiary/aromatic N) is 2. The third-order valence-electron chi connectivity index (χ3n) is 5.53.